The molecule has 0 fully saturated rings. The van der Waals surface area contributed by atoms with Gasteiger partial charge >= 0.3 is 7.60 Å². The van der Waals surface area contributed by atoms with Gasteiger partial charge in [-0.25, -0.2) is 8.42 Å². The van der Waals surface area contributed by atoms with Crippen molar-refractivity contribution in [3.8, 4) is 11.5 Å². The highest BCUT2D eigenvalue weighted by atomic mass is 32.2. The van der Waals surface area contributed by atoms with Crippen molar-refractivity contribution in [3.05, 3.63) is 119 Å². The van der Waals surface area contributed by atoms with Crippen LogP contribution < -0.4 is 25.2 Å². The first-order valence-electron chi connectivity index (χ1n) is 13.6. The highest BCUT2D eigenvalue weighted by Crippen LogP contribution is 2.59. The number of benzene rings is 4. The van der Waals surface area contributed by atoms with Crippen molar-refractivity contribution in [3.63, 3.8) is 0 Å². The van der Waals surface area contributed by atoms with Crippen molar-refractivity contribution < 1.29 is 31.9 Å². The summed E-state index contributed by atoms with van der Waals surface area (Å²) in [4.78, 5) is 11.4. The average molecular weight is 639 g/mol. The lowest BCUT2D eigenvalue weighted by Gasteiger charge is -2.28. The molecule has 44 heavy (non-hydrogen) atoms. The number of anilines is 2. The molecule has 0 saturated heterocycles. The second-order valence-corrected chi connectivity index (χ2v) is 13.5. The van der Waals surface area contributed by atoms with Crippen LogP contribution in [0.1, 0.15) is 35.0 Å². The Kier molecular flexibility index (Phi) is 10.7. The maximum absolute atomic E-state index is 14.0. The van der Waals surface area contributed by atoms with Crippen LogP contribution in [-0.4, -0.2) is 32.0 Å². The first-order valence-corrected chi connectivity index (χ1v) is 17.2. The first kappa shape index (κ1) is 32.6. The standard InChI is InChI=1S/C31H35N4O7PS/c1-3-40-28-18-26(27(35-44(2,38)39)19-29(28)41-20-22-10-6-4-7-11-22)31(34-25-16-14-24(15-17-25)30(32)33)43(36,37)42-21-23-12-8-5-9-13-23/h4-19,31,34-35H,3,20-21H2,1-2H3,(H3,32,33)(H,36,37). The van der Waals surface area contributed by atoms with Crippen LogP contribution in [0.3, 0.4) is 0 Å². The molecule has 232 valence electrons. The molecule has 0 amide bonds. The van der Waals surface area contributed by atoms with Crippen molar-refractivity contribution in [1.82, 2.24) is 0 Å². The number of nitrogens with one attached hydrogen (secondary N) is 3. The predicted molar refractivity (Wildman–Crippen MR) is 172 cm³/mol. The summed E-state index contributed by atoms with van der Waals surface area (Å²) in [7, 11) is -8.46. The molecule has 11 nitrogen and oxygen atoms in total. The number of nitrogens with two attached hydrogens (primary N) is 1. The van der Waals surface area contributed by atoms with E-state index in [-0.39, 0.29) is 48.4 Å². The number of hydrogen-bond acceptors (Lipinski definition) is 8. The summed E-state index contributed by atoms with van der Waals surface area (Å²) in [6.07, 6.45) is 0.977. The number of amidine groups is 1. The van der Waals surface area contributed by atoms with E-state index in [2.05, 4.69) is 10.0 Å². The van der Waals surface area contributed by atoms with E-state index < -0.39 is 23.4 Å². The molecule has 2 atom stereocenters. The van der Waals surface area contributed by atoms with Crippen LogP contribution in [-0.2, 0) is 32.3 Å². The Balaban J connectivity index is 1.81. The molecule has 0 bridgehead atoms. The normalized spacial score (nSPS) is 13.3. The molecule has 6 N–H and O–H groups in total. The quantitative estimate of drug-likeness (QED) is 0.0610. The van der Waals surface area contributed by atoms with Gasteiger partial charge in [-0.2, -0.15) is 0 Å². The average Bonchev–Trinajstić information content (AvgIpc) is 2.99. The maximum Gasteiger partial charge on any atom is 0.355 e. The van der Waals surface area contributed by atoms with Crippen LogP contribution in [0.4, 0.5) is 11.4 Å². The smallest absolute Gasteiger partial charge is 0.355 e. The van der Waals surface area contributed by atoms with Gasteiger partial charge in [0.05, 0.1) is 25.2 Å². The minimum absolute atomic E-state index is 0.00513. The van der Waals surface area contributed by atoms with Crippen LogP contribution in [0, 0.1) is 5.41 Å². The van der Waals surface area contributed by atoms with Gasteiger partial charge in [0, 0.05) is 22.9 Å². The largest absolute Gasteiger partial charge is 0.490 e. The molecule has 0 spiro atoms. The van der Waals surface area contributed by atoms with Crippen molar-refractivity contribution in [2.45, 2.75) is 25.9 Å². The highest BCUT2D eigenvalue weighted by molar-refractivity contribution is 7.92. The van der Waals surface area contributed by atoms with Crippen molar-refractivity contribution in [2.24, 2.45) is 5.73 Å². The minimum Gasteiger partial charge on any atom is -0.490 e. The summed E-state index contributed by atoms with van der Waals surface area (Å²) < 4.78 is 59.0. The second kappa shape index (κ2) is 14.4. The third kappa shape index (κ3) is 9.08. The maximum atomic E-state index is 14.0. The Labute approximate surface area is 257 Å². The Morgan fingerprint density at radius 2 is 1.48 bits per heavy atom. The summed E-state index contributed by atoms with van der Waals surface area (Å²) in [6, 6.07) is 27.5. The Bertz CT molecular complexity index is 1720. The summed E-state index contributed by atoms with van der Waals surface area (Å²) in [6.45, 7) is 2.00. The van der Waals surface area contributed by atoms with Gasteiger partial charge in [0.1, 0.15) is 12.4 Å². The molecule has 4 aromatic rings. The molecule has 4 aromatic carbocycles. The topological polar surface area (TPSA) is 173 Å². The van der Waals surface area contributed by atoms with Gasteiger partial charge in [-0.3, -0.25) is 14.7 Å². The lowest BCUT2D eigenvalue weighted by molar-refractivity contribution is 0.244. The molecule has 4 rings (SSSR count). The molecule has 13 heteroatoms. The van der Waals surface area contributed by atoms with E-state index in [1.807, 2.05) is 36.4 Å². The third-order valence-corrected chi connectivity index (χ3v) is 8.48. The Morgan fingerprint density at radius 1 is 0.909 bits per heavy atom. The van der Waals surface area contributed by atoms with Crippen LogP contribution in [0.5, 0.6) is 11.5 Å². The van der Waals surface area contributed by atoms with Gasteiger partial charge in [-0.05, 0) is 48.4 Å². The molecule has 0 aliphatic carbocycles. The molecule has 0 aromatic heterocycles. The SMILES string of the molecule is CCOc1cc(C(Nc2ccc(C(=N)N)cc2)P(=O)(O)OCc2ccccc2)c(NS(C)(=O)=O)cc1OCc1ccccc1. The summed E-state index contributed by atoms with van der Waals surface area (Å²) in [5.41, 5.74) is 8.06. The monoisotopic (exact) mass is 638 g/mol. The van der Waals surface area contributed by atoms with Crippen molar-refractivity contribution >= 4 is 34.8 Å². The van der Waals surface area contributed by atoms with Gasteiger partial charge in [-0.15, -0.1) is 0 Å². The van der Waals surface area contributed by atoms with E-state index >= 15 is 0 Å². The zero-order valence-electron chi connectivity index (χ0n) is 24.3. The van der Waals surface area contributed by atoms with Gasteiger partial charge < -0.3 is 29.9 Å². The third-order valence-electron chi connectivity index (χ3n) is 6.33. The first-order chi connectivity index (χ1) is 20.9. The molecule has 0 saturated carbocycles. The van der Waals surface area contributed by atoms with Crippen LogP contribution >= 0.6 is 7.60 Å². The van der Waals surface area contributed by atoms with E-state index in [1.54, 1.807) is 55.5 Å². The molecule has 0 heterocycles. The van der Waals surface area contributed by atoms with E-state index in [0.717, 1.165) is 11.8 Å². The van der Waals surface area contributed by atoms with Crippen LogP contribution in [0.25, 0.3) is 0 Å². The molecular formula is C31H35N4O7PS. The van der Waals surface area contributed by atoms with Gasteiger partial charge in [0.2, 0.25) is 10.0 Å². The van der Waals surface area contributed by atoms with Gasteiger partial charge in [-0.1, -0.05) is 60.7 Å². The zero-order valence-corrected chi connectivity index (χ0v) is 26.0. The predicted octanol–water partition coefficient (Wildman–Crippen LogP) is 5.83. The van der Waals surface area contributed by atoms with Crippen molar-refractivity contribution in [1.29, 1.82) is 5.41 Å². The summed E-state index contributed by atoms with van der Waals surface area (Å²) in [5, 5.41) is 10.7. The molecule has 2 unspecified atom stereocenters. The molecule has 0 radical (unpaired) electrons. The highest BCUT2D eigenvalue weighted by Gasteiger charge is 2.37. The summed E-state index contributed by atoms with van der Waals surface area (Å²) in [5.74, 6) is -1.15. The minimum atomic E-state index is -4.61. The lowest BCUT2D eigenvalue weighted by Crippen LogP contribution is -2.18. The fraction of sp³-hybridized carbons (Fsp3) is 0.194. The molecular weight excluding hydrogens is 603 g/mol. The summed E-state index contributed by atoms with van der Waals surface area (Å²) >= 11 is 0. The van der Waals surface area contributed by atoms with Gasteiger partial charge in [0.15, 0.2) is 17.3 Å². The fourth-order valence-corrected chi connectivity index (χ4v) is 6.20. The second-order valence-electron chi connectivity index (χ2n) is 9.83. The van der Waals surface area contributed by atoms with Gasteiger partial charge in [0.25, 0.3) is 0 Å². The molecule has 0 aliphatic heterocycles. The number of nitrogen functional groups attached to an aromatic ring is 1. The number of ether oxygens (including phenoxy) is 2. The number of sulfonamides is 1. The van der Waals surface area contributed by atoms with E-state index in [4.69, 9.17) is 25.1 Å². The Morgan fingerprint density at radius 3 is 2.02 bits per heavy atom. The number of rotatable bonds is 15. The zero-order chi connectivity index (χ0) is 31.7. The van der Waals surface area contributed by atoms with E-state index in [1.165, 1.54) is 12.1 Å². The van der Waals surface area contributed by atoms with E-state index in [0.29, 0.717) is 16.8 Å². The van der Waals surface area contributed by atoms with Crippen molar-refractivity contribution in [2.75, 3.05) is 22.9 Å². The van der Waals surface area contributed by atoms with E-state index in [9.17, 15) is 17.9 Å². The number of hydrogen-bond donors (Lipinski definition) is 5. The fourth-order valence-electron chi connectivity index (χ4n) is 4.26. The molecule has 0 aliphatic rings. The van der Waals surface area contributed by atoms with Crippen LogP contribution in [0.15, 0.2) is 97.1 Å². The van der Waals surface area contributed by atoms with Crippen LogP contribution in [0.2, 0.25) is 0 Å². The Hall–Kier alpha value is -4.35. The lowest BCUT2D eigenvalue weighted by atomic mass is 10.1.